The van der Waals surface area contributed by atoms with E-state index in [1.54, 1.807) is 11.0 Å². The van der Waals surface area contributed by atoms with Gasteiger partial charge in [-0.1, -0.05) is 66.5 Å². The molecule has 0 aromatic heterocycles. The van der Waals surface area contributed by atoms with Gasteiger partial charge in [0.1, 0.15) is 6.04 Å². The van der Waals surface area contributed by atoms with Gasteiger partial charge >= 0.3 is 0 Å². The monoisotopic (exact) mass is 434 g/mol. The highest BCUT2D eigenvalue weighted by molar-refractivity contribution is 6.31. The van der Waals surface area contributed by atoms with Crippen LogP contribution in [0.15, 0.2) is 48.5 Å². The molecule has 0 aliphatic rings. The van der Waals surface area contributed by atoms with Gasteiger partial charge in [-0.2, -0.15) is 0 Å². The Kier molecular flexibility index (Phi) is 8.99. The molecule has 6 heteroatoms. The highest BCUT2D eigenvalue weighted by Gasteiger charge is 2.29. The van der Waals surface area contributed by atoms with Gasteiger partial charge in [0, 0.05) is 29.1 Å². The predicted molar refractivity (Wildman–Crippen MR) is 119 cm³/mol. The number of amides is 2. The summed E-state index contributed by atoms with van der Waals surface area (Å²) >= 11 is 12.6. The molecule has 2 aromatic rings. The Hall–Kier alpha value is -2.04. The molecular weight excluding hydrogens is 407 g/mol. The number of benzene rings is 2. The molecular formula is C23H28Cl2N2O2. The summed E-state index contributed by atoms with van der Waals surface area (Å²) in [6, 6.07) is 14.3. The first-order valence-corrected chi connectivity index (χ1v) is 10.7. The van der Waals surface area contributed by atoms with Crippen molar-refractivity contribution in [2.24, 2.45) is 0 Å². The standard InChI is InChI=1S/C23H28Cl2N2O2/c1-4-21(23(29)26-16(2)3)27(15-18-10-6-8-12-20(18)25)22(28)14-13-17-9-5-7-11-19(17)24/h5-12,16,21H,4,13-15H2,1-3H3,(H,26,29)/t21-/m1/s1. The molecule has 1 N–H and O–H groups in total. The minimum Gasteiger partial charge on any atom is -0.352 e. The van der Waals surface area contributed by atoms with Crippen molar-refractivity contribution in [1.82, 2.24) is 10.2 Å². The van der Waals surface area contributed by atoms with E-state index in [9.17, 15) is 9.59 Å². The molecule has 0 unspecified atom stereocenters. The number of nitrogens with zero attached hydrogens (tertiary/aromatic N) is 1. The Morgan fingerprint density at radius 3 is 2.03 bits per heavy atom. The van der Waals surface area contributed by atoms with Crippen LogP contribution in [-0.4, -0.2) is 28.8 Å². The van der Waals surface area contributed by atoms with Gasteiger partial charge in [-0.05, 0) is 49.9 Å². The van der Waals surface area contributed by atoms with Crippen LogP contribution in [0.1, 0.15) is 44.7 Å². The highest BCUT2D eigenvalue weighted by Crippen LogP contribution is 2.22. The zero-order valence-electron chi connectivity index (χ0n) is 17.1. The van der Waals surface area contributed by atoms with E-state index in [0.717, 1.165) is 11.1 Å². The van der Waals surface area contributed by atoms with Crippen molar-refractivity contribution in [2.45, 2.75) is 58.7 Å². The third kappa shape index (κ3) is 6.76. The van der Waals surface area contributed by atoms with Crippen molar-refractivity contribution in [3.05, 3.63) is 69.7 Å². The molecule has 0 fully saturated rings. The molecule has 2 aromatic carbocycles. The lowest BCUT2D eigenvalue weighted by Crippen LogP contribution is -2.50. The largest absolute Gasteiger partial charge is 0.352 e. The molecule has 0 spiro atoms. The van der Waals surface area contributed by atoms with Gasteiger partial charge in [0.2, 0.25) is 11.8 Å². The molecule has 29 heavy (non-hydrogen) atoms. The van der Waals surface area contributed by atoms with Gasteiger partial charge in [-0.15, -0.1) is 0 Å². The van der Waals surface area contributed by atoms with E-state index in [1.807, 2.05) is 63.2 Å². The molecule has 2 amide bonds. The Bertz CT molecular complexity index is 839. The van der Waals surface area contributed by atoms with Crippen molar-refractivity contribution >= 4 is 35.0 Å². The maximum atomic E-state index is 13.2. The van der Waals surface area contributed by atoms with Crippen LogP contribution >= 0.6 is 23.2 Å². The lowest BCUT2D eigenvalue weighted by Gasteiger charge is -2.31. The van der Waals surface area contributed by atoms with Crippen molar-refractivity contribution in [3.8, 4) is 0 Å². The van der Waals surface area contributed by atoms with Gasteiger partial charge in [0.05, 0.1) is 0 Å². The summed E-state index contributed by atoms with van der Waals surface area (Å²) in [6.07, 6.45) is 1.29. The van der Waals surface area contributed by atoms with Gasteiger partial charge < -0.3 is 10.2 Å². The zero-order valence-corrected chi connectivity index (χ0v) is 18.6. The van der Waals surface area contributed by atoms with E-state index in [4.69, 9.17) is 23.2 Å². The van der Waals surface area contributed by atoms with Crippen molar-refractivity contribution in [1.29, 1.82) is 0 Å². The van der Waals surface area contributed by atoms with Crippen LogP contribution in [0.2, 0.25) is 10.0 Å². The second-order valence-electron chi connectivity index (χ2n) is 7.29. The molecule has 0 radical (unpaired) electrons. The first-order chi connectivity index (χ1) is 13.8. The lowest BCUT2D eigenvalue weighted by molar-refractivity contribution is -0.141. The number of halogens is 2. The summed E-state index contributed by atoms with van der Waals surface area (Å²) in [6.45, 7) is 6.00. The van der Waals surface area contributed by atoms with Crippen LogP contribution in [0.4, 0.5) is 0 Å². The number of rotatable bonds is 9. The first-order valence-electron chi connectivity index (χ1n) is 9.90. The molecule has 0 heterocycles. The molecule has 156 valence electrons. The average molecular weight is 435 g/mol. The number of carbonyl (C=O) groups excluding carboxylic acids is 2. The predicted octanol–water partition coefficient (Wildman–Crippen LogP) is 5.26. The SMILES string of the molecule is CC[C@H](C(=O)NC(C)C)N(Cc1ccccc1Cl)C(=O)CCc1ccccc1Cl. The van der Waals surface area contributed by atoms with E-state index in [1.165, 1.54) is 0 Å². The smallest absolute Gasteiger partial charge is 0.243 e. The van der Waals surface area contributed by atoms with Crippen molar-refractivity contribution in [3.63, 3.8) is 0 Å². The van der Waals surface area contributed by atoms with Crippen LogP contribution in [-0.2, 0) is 22.6 Å². The van der Waals surface area contributed by atoms with Crippen LogP contribution in [0.5, 0.6) is 0 Å². The van der Waals surface area contributed by atoms with Crippen LogP contribution < -0.4 is 5.32 Å². The van der Waals surface area contributed by atoms with E-state index in [0.29, 0.717) is 22.9 Å². The fraction of sp³-hybridized carbons (Fsp3) is 0.391. The molecule has 0 saturated carbocycles. The van der Waals surface area contributed by atoms with E-state index in [2.05, 4.69) is 5.32 Å². The Morgan fingerprint density at radius 1 is 0.966 bits per heavy atom. The molecule has 0 bridgehead atoms. The Balaban J connectivity index is 2.24. The summed E-state index contributed by atoms with van der Waals surface area (Å²) in [5.41, 5.74) is 1.73. The van der Waals surface area contributed by atoms with E-state index < -0.39 is 6.04 Å². The maximum absolute atomic E-state index is 13.2. The topological polar surface area (TPSA) is 49.4 Å². The molecule has 1 atom stereocenters. The van der Waals surface area contributed by atoms with Crippen molar-refractivity contribution < 1.29 is 9.59 Å². The second kappa shape index (κ2) is 11.2. The molecule has 0 saturated heterocycles. The molecule has 0 aliphatic heterocycles. The second-order valence-corrected chi connectivity index (χ2v) is 8.11. The molecule has 0 aliphatic carbocycles. The molecule has 4 nitrogen and oxygen atoms in total. The van der Waals surface area contributed by atoms with E-state index >= 15 is 0 Å². The van der Waals surface area contributed by atoms with Gasteiger partial charge in [0.25, 0.3) is 0 Å². The number of hydrogen-bond donors (Lipinski definition) is 1. The average Bonchev–Trinajstić information content (AvgIpc) is 2.68. The Labute approximate surface area is 183 Å². The summed E-state index contributed by atoms with van der Waals surface area (Å²) in [5.74, 6) is -0.253. The maximum Gasteiger partial charge on any atom is 0.243 e. The number of hydrogen-bond acceptors (Lipinski definition) is 2. The minimum atomic E-state index is -0.563. The third-order valence-corrected chi connectivity index (χ3v) is 5.42. The first kappa shape index (κ1) is 23.2. The van der Waals surface area contributed by atoms with Gasteiger partial charge in [-0.3, -0.25) is 9.59 Å². The quantitative estimate of drug-likeness (QED) is 0.584. The summed E-state index contributed by atoms with van der Waals surface area (Å²) < 4.78 is 0. The summed E-state index contributed by atoms with van der Waals surface area (Å²) in [5, 5.41) is 4.15. The van der Waals surface area contributed by atoms with Crippen LogP contribution in [0.25, 0.3) is 0 Å². The number of aryl methyl sites for hydroxylation is 1. The summed E-state index contributed by atoms with van der Waals surface area (Å²) in [4.78, 5) is 27.6. The van der Waals surface area contributed by atoms with Crippen molar-refractivity contribution in [2.75, 3.05) is 0 Å². The normalized spacial score (nSPS) is 11.9. The minimum absolute atomic E-state index is 0.00283. The van der Waals surface area contributed by atoms with Gasteiger partial charge in [0.15, 0.2) is 0 Å². The number of carbonyl (C=O) groups is 2. The van der Waals surface area contributed by atoms with E-state index in [-0.39, 0.29) is 30.8 Å². The fourth-order valence-corrected chi connectivity index (χ4v) is 3.62. The molecule has 2 rings (SSSR count). The fourth-order valence-electron chi connectivity index (χ4n) is 3.20. The Morgan fingerprint density at radius 2 is 1.52 bits per heavy atom. The van der Waals surface area contributed by atoms with Gasteiger partial charge in [-0.25, -0.2) is 0 Å². The highest BCUT2D eigenvalue weighted by atomic mass is 35.5. The lowest BCUT2D eigenvalue weighted by atomic mass is 10.1. The van der Waals surface area contributed by atoms with Crippen LogP contribution in [0, 0.1) is 0 Å². The summed E-state index contributed by atoms with van der Waals surface area (Å²) in [7, 11) is 0. The third-order valence-electron chi connectivity index (χ3n) is 4.68. The zero-order chi connectivity index (χ0) is 21.4. The number of nitrogens with one attached hydrogen (secondary N) is 1. The van der Waals surface area contributed by atoms with Crippen LogP contribution in [0.3, 0.4) is 0 Å².